The molecule has 0 aliphatic carbocycles. The first-order valence-corrected chi connectivity index (χ1v) is 19.3. The van der Waals surface area contributed by atoms with Gasteiger partial charge in [0.15, 0.2) is 5.82 Å². The summed E-state index contributed by atoms with van der Waals surface area (Å²) in [5.41, 5.74) is 11.5. The SMILES string of the molecule is CCCCCNc1nc(N)nc2ccn(Cc3ccc(CN4CCN(C(=O)CCOCCNC(=O)CCCCNC(=O)CC(C)C(=O)O)CC4)cc3C)c12. The summed E-state index contributed by atoms with van der Waals surface area (Å²) >= 11 is 0. The largest absolute Gasteiger partial charge is 0.481 e. The van der Waals surface area contributed by atoms with Crippen LogP contribution in [-0.2, 0) is 37.0 Å². The van der Waals surface area contributed by atoms with Gasteiger partial charge in [-0.05, 0) is 48.9 Å². The number of hydrogen-bond donors (Lipinski definition) is 5. The molecule has 1 aliphatic rings. The highest BCUT2D eigenvalue weighted by Crippen LogP contribution is 2.25. The van der Waals surface area contributed by atoms with Crippen molar-refractivity contribution in [1.29, 1.82) is 0 Å². The Morgan fingerprint density at radius 2 is 1.67 bits per heavy atom. The van der Waals surface area contributed by atoms with Gasteiger partial charge in [-0.3, -0.25) is 24.1 Å². The number of ether oxygens (including phenoxy) is 1. The molecule has 2 aromatic heterocycles. The summed E-state index contributed by atoms with van der Waals surface area (Å²) in [6.07, 6.45) is 7.24. The standard InChI is InChI=1S/C39H59N9O6/c1-4-5-7-15-43-37-36-32(44-39(40)45-37)12-17-48(36)27-31-11-10-30(24-28(31)2)26-46-18-20-47(21-19-46)35(51)13-22-54-23-16-42-33(49)9-6-8-14-41-34(50)25-29(3)38(52)53/h10-12,17,24,29H,4-9,13-16,18-23,25-27H2,1-3H3,(H,41,50)(H,42,49)(H,52,53)(H3,40,43,44,45). The fourth-order valence-corrected chi connectivity index (χ4v) is 6.44. The molecule has 15 heteroatoms. The van der Waals surface area contributed by atoms with E-state index in [2.05, 4.69) is 67.4 Å². The monoisotopic (exact) mass is 749 g/mol. The number of nitrogens with one attached hydrogen (secondary N) is 3. The van der Waals surface area contributed by atoms with E-state index in [0.29, 0.717) is 71.6 Å². The van der Waals surface area contributed by atoms with E-state index in [4.69, 9.17) is 15.6 Å². The molecule has 296 valence electrons. The highest BCUT2D eigenvalue weighted by molar-refractivity contribution is 5.87. The smallest absolute Gasteiger partial charge is 0.306 e. The first-order chi connectivity index (χ1) is 26.0. The van der Waals surface area contributed by atoms with Gasteiger partial charge in [0.25, 0.3) is 0 Å². The Hall–Kier alpha value is -4.76. The van der Waals surface area contributed by atoms with E-state index >= 15 is 0 Å². The number of aliphatic carboxylic acids is 1. The van der Waals surface area contributed by atoms with Crippen LogP contribution >= 0.6 is 0 Å². The van der Waals surface area contributed by atoms with Crippen LogP contribution in [0.4, 0.5) is 11.8 Å². The summed E-state index contributed by atoms with van der Waals surface area (Å²) in [5.74, 6) is -1.00. The molecule has 1 unspecified atom stereocenters. The summed E-state index contributed by atoms with van der Waals surface area (Å²) in [6.45, 7) is 12.6. The number of fused-ring (bicyclic) bond motifs is 1. The normalized spacial score (nSPS) is 13.9. The van der Waals surface area contributed by atoms with Gasteiger partial charge in [0.1, 0.15) is 5.52 Å². The molecule has 1 atom stereocenters. The lowest BCUT2D eigenvalue weighted by Crippen LogP contribution is -2.48. The summed E-state index contributed by atoms with van der Waals surface area (Å²) < 4.78 is 7.78. The third-order valence-corrected chi connectivity index (χ3v) is 9.67. The molecule has 1 aliphatic heterocycles. The molecule has 0 bridgehead atoms. The van der Waals surface area contributed by atoms with Crippen molar-refractivity contribution in [1.82, 2.24) is 35.0 Å². The topological polar surface area (TPSA) is 197 Å². The third kappa shape index (κ3) is 13.6. The molecule has 15 nitrogen and oxygen atoms in total. The number of benzene rings is 1. The molecule has 0 radical (unpaired) electrons. The fourth-order valence-electron chi connectivity index (χ4n) is 6.44. The lowest BCUT2D eigenvalue weighted by Gasteiger charge is -2.35. The lowest BCUT2D eigenvalue weighted by atomic mass is 10.0. The number of nitrogen functional groups attached to an aromatic ring is 1. The maximum atomic E-state index is 12.8. The van der Waals surface area contributed by atoms with Crippen molar-refractivity contribution in [3.8, 4) is 0 Å². The molecule has 3 heterocycles. The number of piperazine rings is 1. The van der Waals surface area contributed by atoms with Gasteiger partial charge in [-0.1, -0.05) is 44.9 Å². The quantitative estimate of drug-likeness (QED) is 0.0890. The van der Waals surface area contributed by atoms with Crippen LogP contribution in [0.2, 0.25) is 0 Å². The second-order valence-electron chi connectivity index (χ2n) is 14.1. The molecule has 1 fully saturated rings. The van der Waals surface area contributed by atoms with Crippen LogP contribution in [-0.4, -0.2) is 112 Å². The number of anilines is 2. The fraction of sp³-hybridized carbons (Fsp3) is 0.590. The molecule has 54 heavy (non-hydrogen) atoms. The zero-order valence-corrected chi connectivity index (χ0v) is 32.2. The summed E-state index contributed by atoms with van der Waals surface area (Å²) in [6, 6.07) is 8.64. The van der Waals surface area contributed by atoms with Crippen LogP contribution in [0, 0.1) is 12.8 Å². The first-order valence-electron chi connectivity index (χ1n) is 19.3. The van der Waals surface area contributed by atoms with E-state index < -0.39 is 11.9 Å². The predicted octanol–water partition coefficient (Wildman–Crippen LogP) is 3.54. The van der Waals surface area contributed by atoms with Crippen molar-refractivity contribution in [2.75, 3.05) is 70.1 Å². The van der Waals surface area contributed by atoms with Gasteiger partial charge >= 0.3 is 5.97 Å². The molecule has 3 amide bonds. The minimum absolute atomic E-state index is 0.0592. The van der Waals surface area contributed by atoms with Gasteiger partial charge in [-0.2, -0.15) is 4.98 Å². The Bertz CT molecular complexity index is 1690. The Labute approximate surface area is 318 Å². The Kier molecular flexibility index (Phi) is 17.0. The van der Waals surface area contributed by atoms with Crippen molar-refractivity contribution in [3.63, 3.8) is 0 Å². The van der Waals surface area contributed by atoms with Gasteiger partial charge in [-0.25, -0.2) is 4.98 Å². The van der Waals surface area contributed by atoms with Gasteiger partial charge in [0.05, 0.1) is 31.1 Å². The number of carboxylic acids is 1. The summed E-state index contributed by atoms with van der Waals surface area (Å²) in [7, 11) is 0. The van der Waals surface area contributed by atoms with Gasteiger partial charge in [-0.15, -0.1) is 0 Å². The Morgan fingerprint density at radius 1 is 0.907 bits per heavy atom. The maximum absolute atomic E-state index is 12.8. The van der Waals surface area contributed by atoms with Crippen molar-refractivity contribution in [2.24, 2.45) is 5.92 Å². The number of carbonyl (C=O) groups excluding carboxylic acids is 3. The molecular formula is C39H59N9O6. The minimum atomic E-state index is -1.00. The average Bonchev–Trinajstić information content (AvgIpc) is 3.54. The number of hydrogen-bond acceptors (Lipinski definition) is 10. The highest BCUT2D eigenvalue weighted by atomic mass is 16.5. The zero-order chi connectivity index (χ0) is 38.9. The van der Waals surface area contributed by atoms with Crippen LogP contribution in [0.1, 0.15) is 81.9 Å². The zero-order valence-electron chi connectivity index (χ0n) is 32.2. The number of aromatic nitrogens is 3. The van der Waals surface area contributed by atoms with Gasteiger partial charge in [0, 0.05) is 77.9 Å². The molecule has 6 N–H and O–H groups in total. The molecule has 0 spiro atoms. The van der Waals surface area contributed by atoms with Gasteiger partial charge in [0.2, 0.25) is 23.7 Å². The van der Waals surface area contributed by atoms with E-state index in [9.17, 15) is 19.2 Å². The number of carboxylic acid groups (broad SMARTS) is 1. The minimum Gasteiger partial charge on any atom is -0.481 e. The van der Waals surface area contributed by atoms with E-state index in [0.717, 1.165) is 62.3 Å². The van der Waals surface area contributed by atoms with E-state index in [-0.39, 0.29) is 30.1 Å². The molecule has 0 saturated carbocycles. The summed E-state index contributed by atoms with van der Waals surface area (Å²) in [5, 5.41) is 17.8. The number of aryl methyl sites for hydroxylation is 1. The molecule has 1 saturated heterocycles. The van der Waals surface area contributed by atoms with E-state index in [1.165, 1.54) is 23.6 Å². The van der Waals surface area contributed by atoms with E-state index in [1.54, 1.807) is 0 Å². The number of nitrogens with two attached hydrogens (primary N) is 1. The number of rotatable bonds is 23. The molecule has 4 rings (SSSR count). The maximum Gasteiger partial charge on any atom is 0.306 e. The van der Waals surface area contributed by atoms with Gasteiger partial charge < -0.3 is 41.0 Å². The molecule has 1 aromatic carbocycles. The van der Waals surface area contributed by atoms with Crippen LogP contribution in [0.25, 0.3) is 11.0 Å². The van der Waals surface area contributed by atoms with Crippen molar-refractivity contribution in [3.05, 3.63) is 47.2 Å². The van der Waals surface area contributed by atoms with Crippen molar-refractivity contribution < 1.29 is 29.0 Å². The Morgan fingerprint density at radius 3 is 2.41 bits per heavy atom. The number of nitrogens with zero attached hydrogens (tertiary/aromatic N) is 5. The van der Waals surface area contributed by atoms with Crippen molar-refractivity contribution >= 4 is 46.5 Å². The van der Waals surface area contributed by atoms with Crippen LogP contribution < -0.4 is 21.7 Å². The van der Waals surface area contributed by atoms with E-state index in [1.807, 2.05) is 17.2 Å². The number of amides is 3. The lowest BCUT2D eigenvalue weighted by molar-refractivity contribution is -0.143. The molecule has 3 aromatic rings. The number of carbonyl (C=O) groups is 4. The predicted molar refractivity (Wildman–Crippen MR) is 209 cm³/mol. The molecular weight excluding hydrogens is 690 g/mol. The number of unbranched alkanes of at least 4 members (excludes halogenated alkanes) is 3. The van der Waals surface area contributed by atoms with Crippen molar-refractivity contribution in [2.45, 2.75) is 85.2 Å². The van der Waals surface area contributed by atoms with Crippen LogP contribution in [0.15, 0.2) is 30.5 Å². The highest BCUT2D eigenvalue weighted by Gasteiger charge is 2.21. The average molecular weight is 750 g/mol. The second kappa shape index (κ2) is 21.8. The summed E-state index contributed by atoms with van der Waals surface area (Å²) in [4.78, 5) is 60.6. The second-order valence-corrected chi connectivity index (χ2v) is 14.1. The van der Waals surface area contributed by atoms with Crippen LogP contribution in [0.3, 0.4) is 0 Å². The first kappa shape index (κ1) is 42.0. The van der Waals surface area contributed by atoms with Crippen LogP contribution in [0.5, 0.6) is 0 Å². The Balaban J connectivity index is 1.09. The third-order valence-electron chi connectivity index (χ3n) is 9.67.